The number of hydrogen-bond acceptors (Lipinski definition) is 4. The average Bonchev–Trinajstić information content (AvgIpc) is 3.31. The predicted molar refractivity (Wildman–Crippen MR) is 104 cm³/mol. The minimum atomic E-state index is -0.0576. The minimum absolute atomic E-state index is 0.0412. The van der Waals surface area contributed by atoms with Crippen LogP contribution in [-0.4, -0.2) is 27.0 Å². The van der Waals surface area contributed by atoms with Crippen LogP contribution in [0.2, 0.25) is 0 Å². The van der Waals surface area contributed by atoms with Crippen LogP contribution in [0.3, 0.4) is 0 Å². The zero-order valence-electron chi connectivity index (χ0n) is 16.4. The molecule has 27 heavy (non-hydrogen) atoms. The van der Waals surface area contributed by atoms with E-state index < -0.39 is 0 Å². The maximum absolute atomic E-state index is 12.7. The van der Waals surface area contributed by atoms with Gasteiger partial charge in [-0.15, -0.1) is 0 Å². The van der Waals surface area contributed by atoms with Crippen molar-refractivity contribution in [1.82, 2.24) is 15.0 Å². The first kappa shape index (κ1) is 18.2. The quantitative estimate of drug-likeness (QED) is 0.786. The van der Waals surface area contributed by atoms with Crippen LogP contribution in [0.1, 0.15) is 58.2 Å². The third-order valence-electron chi connectivity index (χ3n) is 6.21. The average molecular weight is 367 g/mol. The normalized spacial score (nSPS) is 30.3. The topological polar surface area (TPSA) is 67.9 Å². The first-order chi connectivity index (χ1) is 13.0. The van der Waals surface area contributed by atoms with Gasteiger partial charge < -0.3 is 9.72 Å². The Hall–Kier alpha value is -2.17. The summed E-state index contributed by atoms with van der Waals surface area (Å²) >= 11 is 0. The Kier molecular flexibility index (Phi) is 5.02. The van der Waals surface area contributed by atoms with Crippen molar-refractivity contribution in [3.63, 3.8) is 0 Å². The fourth-order valence-corrected chi connectivity index (χ4v) is 4.42. The second-order valence-corrected chi connectivity index (χ2v) is 8.65. The molecule has 4 rings (SSSR count). The fraction of sp³-hybridized carbons (Fsp3) is 0.591. The number of esters is 1. The summed E-state index contributed by atoms with van der Waals surface area (Å²) in [6.07, 6.45) is 7.86. The number of nitrogens with zero attached hydrogens (tertiary/aromatic N) is 2. The van der Waals surface area contributed by atoms with E-state index in [1.54, 1.807) is 12.4 Å². The van der Waals surface area contributed by atoms with Crippen LogP contribution >= 0.6 is 0 Å². The number of hydrogen-bond donors (Lipinski definition) is 1. The van der Waals surface area contributed by atoms with Crippen LogP contribution in [0.25, 0.3) is 11.4 Å². The molecule has 1 N–H and O–H groups in total. The summed E-state index contributed by atoms with van der Waals surface area (Å²) in [5.74, 6) is 2.60. The number of carbonyl (C=O) groups excluding carboxylic acids is 1. The molecule has 2 aromatic rings. The molecular formula is C22H29N3O2. The molecule has 0 bridgehead atoms. The van der Waals surface area contributed by atoms with Gasteiger partial charge in [0.25, 0.3) is 0 Å². The van der Waals surface area contributed by atoms with Crippen molar-refractivity contribution < 1.29 is 9.53 Å². The summed E-state index contributed by atoms with van der Waals surface area (Å²) in [4.78, 5) is 24.9. The maximum Gasteiger partial charge on any atom is 0.309 e. The van der Waals surface area contributed by atoms with Crippen molar-refractivity contribution >= 4 is 5.97 Å². The van der Waals surface area contributed by atoms with E-state index in [-0.39, 0.29) is 23.9 Å². The highest BCUT2D eigenvalue weighted by molar-refractivity contribution is 5.77. The smallest absolute Gasteiger partial charge is 0.309 e. The van der Waals surface area contributed by atoms with Crippen molar-refractivity contribution in [3.05, 3.63) is 36.4 Å². The van der Waals surface area contributed by atoms with Gasteiger partial charge in [-0.25, -0.2) is 4.98 Å². The zero-order valence-corrected chi connectivity index (χ0v) is 16.4. The first-order valence-corrected chi connectivity index (χ1v) is 10.2. The van der Waals surface area contributed by atoms with Gasteiger partial charge in [0.05, 0.1) is 23.5 Å². The Bertz CT molecular complexity index is 786. The fourth-order valence-electron chi connectivity index (χ4n) is 4.42. The third-order valence-corrected chi connectivity index (χ3v) is 6.21. The molecule has 2 aromatic heterocycles. The lowest BCUT2D eigenvalue weighted by molar-refractivity contribution is -0.157. The van der Waals surface area contributed by atoms with Gasteiger partial charge in [-0.05, 0) is 49.1 Å². The van der Waals surface area contributed by atoms with Gasteiger partial charge >= 0.3 is 5.97 Å². The lowest BCUT2D eigenvalue weighted by Crippen LogP contribution is -2.36. The number of H-pyrrole nitrogens is 1. The highest BCUT2D eigenvalue weighted by atomic mass is 16.5. The number of aromatic amines is 1. The molecule has 2 aliphatic carbocycles. The van der Waals surface area contributed by atoms with Crippen LogP contribution < -0.4 is 0 Å². The van der Waals surface area contributed by atoms with E-state index in [2.05, 4.69) is 35.7 Å². The van der Waals surface area contributed by atoms with Crippen LogP contribution in [0.4, 0.5) is 0 Å². The third kappa shape index (κ3) is 3.92. The lowest BCUT2D eigenvalue weighted by Gasteiger charge is -2.36. The molecular weight excluding hydrogens is 338 g/mol. The maximum atomic E-state index is 12.7. The summed E-state index contributed by atoms with van der Waals surface area (Å²) < 4.78 is 6.01. The summed E-state index contributed by atoms with van der Waals surface area (Å²) in [5.41, 5.74) is 1.76. The monoisotopic (exact) mass is 367 g/mol. The Labute approximate surface area is 161 Å². The van der Waals surface area contributed by atoms with Crippen molar-refractivity contribution in [2.45, 2.75) is 58.5 Å². The summed E-state index contributed by atoms with van der Waals surface area (Å²) in [5, 5.41) is 0. The highest BCUT2D eigenvalue weighted by Crippen LogP contribution is 2.48. The lowest BCUT2D eigenvalue weighted by atomic mass is 9.75. The molecule has 0 radical (unpaired) electrons. The summed E-state index contributed by atoms with van der Waals surface area (Å²) in [6.45, 7) is 6.74. The molecule has 0 unspecified atom stereocenters. The molecule has 5 atom stereocenters. The SMILES string of the molecule is CC(C)[C@@H]1CC[C@@H](C)C[C@H]1OC(=O)[C@H]1C[C@@H]1c1ncc(-c2ccccn2)[nH]1. The molecule has 144 valence electrons. The molecule has 2 aliphatic rings. The van der Waals surface area contributed by atoms with E-state index in [1.807, 2.05) is 18.2 Å². The molecule has 0 amide bonds. The van der Waals surface area contributed by atoms with E-state index >= 15 is 0 Å². The summed E-state index contributed by atoms with van der Waals surface area (Å²) in [6, 6.07) is 5.80. The number of ether oxygens (including phenoxy) is 1. The van der Waals surface area contributed by atoms with Crippen molar-refractivity contribution in [2.75, 3.05) is 0 Å². The van der Waals surface area contributed by atoms with Gasteiger partial charge in [-0.2, -0.15) is 0 Å². The van der Waals surface area contributed by atoms with Gasteiger partial charge in [0, 0.05) is 12.1 Å². The van der Waals surface area contributed by atoms with Gasteiger partial charge in [0.1, 0.15) is 11.9 Å². The number of aromatic nitrogens is 3. The largest absolute Gasteiger partial charge is 0.462 e. The zero-order chi connectivity index (χ0) is 19.0. The van der Waals surface area contributed by atoms with Crippen molar-refractivity contribution in [2.24, 2.45) is 23.7 Å². The Morgan fingerprint density at radius 3 is 2.81 bits per heavy atom. The second kappa shape index (κ2) is 7.45. The van der Waals surface area contributed by atoms with Crippen LogP contribution in [-0.2, 0) is 9.53 Å². The molecule has 0 aliphatic heterocycles. The first-order valence-electron chi connectivity index (χ1n) is 10.2. The molecule has 2 fully saturated rings. The van der Waals surface area contributed by atoms with Gasteiger partial charge in [0.2, 0.25) is 0 Å². The Balaban J connectivity index is 1.38. The van der Waals surface area contributed by atoms with E-state index in [1.165, 1.54) is 6.42 Å². The highest BCUT2D eigenvalue weighted by Gasteiger charge is 2.48. The molecule has 5 nitrogen and oxygen atoms in total. The summed E-state index contributed by atoms with van der Waals surface area (Å²) in [7, 11) is 0. The van der Waals surface area contributed by atoms with E-state index in [4.69, 9.17) is 4.74 Å². The van der Waals surface area contributed by atoms with E-state index in [0.29, 0.717) is 17.8 Å². The van der Waals surface area contributed by atoms with E-state index in [0.717, 1.165) is 36.5 Å². The van der Waals surface area contributed by atoms with Gasteiger partial charge in [-0.1, -0.05) is 33.3 Å². The molecule has 2 heterocycles. The molecule has 0 aromatic carbocycles. The molecule has 5 heteroatoms. The number of nitrogens with one attached hydrogen (secondary N) is 1. The Morgan fingerprint density at radius 1 is 1.22 bits per heavy atom. The standard InChI is InChI=1S/C22H29N3O2/c1-13(2)15-8-7-14(3)10-20(15)27-22(26)17-11-16(17)21-24-12-19(25-21)18-6-4-5-9-23-18/h4-6,9,12-17,20H,7-8,10-11H2,1-3H3,(H,24,25)/t14-,15+,16+,17+,20-/m1/s1. The van der Waals surface area contributed by atoms with Crippen LogP contribution in [0.5, 0.6) is 0 Å². The van der Waals surface area contributed by atoms with Crippen LogP contribution in [0.15, 0.2) is 30.6 Å². The molecule has 0 saturated heterocycles. The second-order valence-electron chi connectivity index (χ2n) is 8.65. The number of rotatable bonds is 5. The Morgan fingerprint density at radius 2 is 2.07 bits per heavy atom. The van der Waals surface area contributed by atoms with Gasteiger partial charge in [0.15, 0.2) is 0 Å². The van der Waals surface area contributed by atoms with Gasteiger partial charge in [-0.3, -0.25) is 9.78 Å². The minimum Gasteiger partial charge on any atom is -0.462 e. The number of pyridine rings is 1. The molecule has 2 saturated carbocycles. The number of carbonyl (C=O) groups is 1. The van der Waals surface area contributed by atoms with Crippen LogP contribution in [0, 0.1) is 23.7 Å². The predicted octanol–water partition coefficient (Wildman–Crippen LogP) is 4.58. The molecule has 0 spiro atoms. The number of imidazole rings is 1. The van der Waals surface area contributed by atoms with Crippen molar-refractivity contribution in [1.29, 1.82) is 0 Å². The van der Waals surface area contributed by atoms with E-state index in [9.17, 15) is 4.79 Å². The van der Waals surface area contributed by atoms with Crippen molar-refractivity contribution in [3.8, 4) is 11.4 Å².